The minimum atomic E-state index is -0.833. The maximum Gasteiger partial charge on any atom is 0.181 e. The molecule has 0 saturated heterocycles. The summed E-state index contributed by atoms with van der Waals surface area (Å²) in [5.74, 6) is -1.66. The summed E-state index contributed by atoms with van der Waals surface area (Å²) in [4.78, 5) is 0. The fraction of sp³-hybridized carbons (Fsp3) is 0.200. The molecule has 0 spiro atoms. The van der Waals surface area contributed by atoms with Crippen molar-refractivity contribution in [2.75, 3.05) is 5.32 Å². The average molecular weight is 326 g/mol. The summed E-state index contributed by atoms with van der Waals surface area (Å²) < 4.78 is 27.6. The van der Waals surface area contributed by atoms with E-state index < -0.39 is 11.6 Å². The third kappa shape index (κ3) is 3.77. The highest BCUT2D eigenvalue weighted by Gasteiger charge is 2.10. The monoisotopic (exact) mass is 325 g/mol. The molecule has 1 unspecified atom stereocenters. The molecule has 0 aliphatic rings. The lowest BCUT2D eigenvalue weighted by Gasteiger charge is -2.16. The van der Waals surface area contributed by atoms with Gasteiger partial charge in [0.15, 0.2) is 11.6 Å². The number of halogens is 3. The number of hydrogen-bond acceptors (Lipinski definition) is 1. The zero-order valence-electron chi connectivity index (χ0n) is 10.5. The van der Waals surface area contributed by atoms with Crippen LogP contribution in [0.1, 0.15) is 12.5 Å². The minimum Gasteiger partial charge on any atom is -0.380 e. The number of anilines is 1. The third-order valence-electron chi connectivity index (χ3n) is 2.81. The summed E-state index contributed by atoms with van der Waals surface area (Å²) in [6.07, 6.45) is 0.739. The van der Waals surface area contributed by atoms with E-state index in [4.69, 9.17) is 0 Å². The largest absolute Gasteiger partial charge is 0.380 e. The Kier molecular flexibility index (Phi) is 4.53. The summed E-state index contributed by atoms with van der Waals surface area (Å²) in [5.41, 5.74) is 1.34. The first kappa shape index (κ1) is 14.0. The van der Waals surface area contributed by atoms with Crippen molar-refractivity contribution in [3.8, 4) is 0 Å². The molecular weight excluding hydrogens is 312 g/mol. The number of rotatable bonds is 4. The second-order valence-corrected chi connectivity index (χ2v) is 5.39. The Labute approximate surface area is 119 Å². The van der Waals surface area contributed by atoms with Gasteiger partial charge in [-0.15, -0.1) is 0 Å². The third-order valence-corrected chi connectivity index (χ3v) is 3.34. The van der Waals surface area contributed by atoms with Crippen LogP contribution in [0.3, 0.4) is 0 Å². The van der Waals surface area contributed by atoms with Gasteiger partial charge in [-0.05, 0) is 43.2 Å². The van der Waals surface area contributed by atoms with Gasteiger partial charge in [-0.3, -0.25) is 0 Å². The van der Waals surface area contributed by atoms with Crippen LogP contribution in [0.25, 0.3) is 0 Å². The Bertz CT molecular complexity index is 555. The molecule has 2 rings (SSSR count). The van der Waals surface area contributed by atoms with E-state index in [1.807, 2.05) is 31.2 Å². The first-order valence-electron chi connectivity index (χ1n) is 6.01. The average Bonchev–Trinajstić information content (AvgIpc) is 2.38. The molecule has 0 aromatic heterocycles. The predicted octanol–water partition coefficient (Wildman–Crippen LogP) is 4.77. The zero-order valence-corrected chi connectivity index (χ0v) is 12.0. The van der Waals surface area contributed by atoms with Gasteiger partial charge in [-0.2, -0.15) is 0 Å². The first-order chi connectivity index (χ1) is 9.06. The Morgan fingerprint density at radius 2 is 1.79 bits per heavy atom. The molecule has 19 heavy (non-hydrogen) atoms. The SMILES string of the molecule is CC(Cc1ccc(Br)cc1)Nc1cccc(F)c1F. The highest BCUT2D eigenvalue weighted by atomic mass is 79.9. The van der Waals surface area contributed by atoms with E-state index in [1.165, 1.54) is 12.1 Å². The number of benzene rings is 2. The molecule has 100 valence electrons. The topological polar surface area (TPSA) is 12.0 Å². The molecule has 2 aromatic carbocycles. The van der Waals surface area contributed by atoms with Gasteiger partial charge in [0.1, 0.15) is 0 Å². The van der Waals surface area contributed by atoms with Crippen molar-refractivity contribution in [1.29, 1.82) is 0 Å². The molecule has 0 aliphatic heterocycles. The second-order valence-electron chi connectivity index (χ2n) is 4.48. The van der Waals surface area contributed by atoms with Crippen molar-refractivity contribution in [1.82, 2.24) is 0 Å². The lowest BCUT2D eigenvalue weighted by atomic mass is 10.1. The molecule has 0 aliphatic carbocycles. The molecule has 0 heterocycles. The molecule has 4 heteroatoms. The zero-order chi connectivity index (χ0) is 13.8. The fourth-order valence-corrected chi connectivity index (χ4v) is 2.17. The van der Waals surface area contributed by atoms with Crippen LogP contribution in [0, 0.1) is 11.6 Å². The van der Waals surface area contributed by atoms with Crippen molar-refractivity contribution in [2.24, 2.45) is 0 Å². The Morgan fingerprint density at radius 1 is 1.11 bits per heavy atom. The maximum atomic E-state index is 13.5. The van der Waals surface area contributed by atoms with Crippen LogP contribution < -0.4 is 5.32 Å². The summed E-state index contributed by atoms with van der Waals surface area (Å²) in [5, 5.41) is 2.99. The number of nitrogens with one attached hydrogen (secondary N) is 1. The lowest BCUT2D eigenvalue weighted by molar-refractivity contribution is 0.510. The van der Waals surface area contributed by atoms with E-state index >= 15 is 0 Å². The molecule has 1 atom stereocenters. The number of hydrogen-bond donors (Lipinski definition) is 1. The van der Waals surface area contributed by atoms with Crippen LogP contribution in [0.4, 0.5) is 14.5 Å². The van der Waals surface area contributed by atoms with Crippen LogP contribution in [-0.4, -0.2) is 6.04 Å². The molecule has 0 bridgehead atoms. The second kappa shape index (κ2) is 6.15. The summed E-state index contributed by atoms with van der Waals surface area (Å²) in [6.45, 7) is 1.94. The molecule has 0 radical (unpaired) electrons. The summed E-state index contributed by atoms with van der Waals surface area (Å²) >= 11 is 3.38. The minimum absolute atomic E-state index is 0.0116. The van der Waals surface area contributed by atoms with E-state index in [0.29, 0.717) is 0 Å². The Balaban J connectivity index is 2.03. The normalized spacial score (nSPS) is 12.2. The predicted molar refractivity (Wildman–Crippen MR) is 77.3 cm³/mol. The van der Waals surface area contributed by atoms with E-state index in [0.717, 1.165) is 22.5 Å². The highest BCUT2D eigenvalue weighted by Crippen LogP contribution is 2.19. The fourth-order valence-electron chi connectivity index (χ4n) is 1.91. The molecule has 1 nitrogen and oxygen atoms in total. The van der Waals surface area contributed by atoms with Crippen LogP contribution in [0.15, 0.2) is 46.9 Å². The summed E-state index contributed by atoms with van der Waals surface area (Å²) in [6, 6.07) is 12.1. The van der Waals surface area contributed by atoms with Gasteiger partial charge in [-0.25, -0.2) is 8.78 Å². The van der Waals surface area contributed by atoms with E-state index in [1.54, 1.807) is 0 Å². The molecule has 0 amide bonds. The Hall–Kier alpha value is -1.42. The van der Waals surface area contributed by atoms with Gasteiger partial charge in [0.2, 0.25) is 0 Å². The van der Waals surface area contributed by atoms with Crippen LogP contribution >= 0.6 is 15.9 Å². The Morgan fingerprint density at radius 3 is 2.47 bits per heavy atom. The van der Waals surface area contributed by atoms with E-state index in [-0.39, 0.29) is 11.7 Å². The van der Waals surface area contributed by atoms with Gasteiger partial charge in [0, 0.05) is 10.5 Å². The van der Waals surface area contributed by atoms with Gasteiger partial charge in [0.25, 0.3) is 0 Å². The van der Waals surface area contributed by atoms with Gasteiger partial charge < -0.3 is 5.32 Å². The van der Waals surface area contributed by atoms with Crippen LogP contribution in [0.5, 0.6) is 0 Å². The molecule has 2 aromatic rings. The van der Waals surface area contributed by atoms with Crippen molar-refractivity contribution in [3.63, 3.8) is 0 Å². The molecule has 0 fully saturated rings. The standard InChI is InChI=1S/C15H14BrF2N/c1-10(9-11-5-7-12(16)8-6-11)19-14-4-2-3-13(17)15(14)18/h2-8,10,19H,9H2,1H3. The van der Waals surface area contributed by atoms with Gasteiger partial charge in [0.05, 0.1) is 5.69 Å². The van der Waals surface area contributed by atoms with E-state index in [9.17, 15) is 8.78 Å². The maximum absolute atomic E-state index is 13.5. The van der Waals surface area contributed by atoms with Crippen molar-refractivity contribution in [2.45, 2.75) is 19.4 Å². The van der Waals surface area contributed by atoms with Crippen molar-refractivity contribution < 1.29 is 8.78 Å². The lowest BCUT2D eigenvalue weighted by Crippen LogP contribution is -2.19. The molecule has 0 saturated carbocycles. The summed E-state index contributed by atoms with van der Waals surface area (Å²) in [7, 11) is 0. The van der Waals surface area contributed by atoms with Crippen LogP contribution in [-0.2, 0) is 6.42 Å². The molecular formula is C15H14BrF2N. The van der Waals surface area contributed by atoms with Gasteiger partial charge >= 0.3 is 0 Å². The smallest absolute Gasteiger partial charge is 0.181 e. The highest BCUT2D eigenvalue weighted by molar-refractivity contribution is 9.10. The van der Waals surface area contributed by atoms with Crippen molar-refractivity contribution >= 4 is 21.6 Å². The van der Waals surface area contributed by atoms with Crippen molar-refractivity contribution in [3.05, 3.63) is 64.1 Å². The first-order valence-corrected chi connectivity index (χ1v) is 6.80. The van der Waals surface area contributed by atoms with Crippen LogP contribution in [0.2, 0.25) is 0 Å². The molecule has 1 N–H and O–H groups in total. The van der Waals surface area contributed by atoms with Gasteiger partial charge in [-0.1, -0.05) is 34.1 Å². The van der Waals surface area contributed by atoms with E-state index in [2.05, 4.69) is 21.2 Å². The quantitative estimate of drug-likeness (QED) is 0.853.